The van der Waals surface area contributed by atoms with Crippen molar-refractivity contribution in [3.63, 3.8) is 0 Å². The van der Waals surface area contributed by atoms with Gasteiger partial charge >= 0.3 is 0 Å². The zero-order chi connectivity index (χ0) is 15.2. The predicted octanol–water partition coefficient (Wildman–Crippen LogP) is 1.85. The van der Waals surface area contributed by atoms with Gasteiger partial charge in [0.05, 0.1) is 0 Å². The van der Waals surface area contributed by atoms with E-state index in [-0.39, 0.29) is 17.6 Å². The second-order valence-corrected chi connectivity index (χ2v) is 5.56. The van der Waals surface area contributed by atoms with E-state index in [1.807, 2.05) is 4.90 Å². The summed E-state index contributed by atoms with van der Waals surface area (Å²) in [5, 5.41) is 0. The molecule has 0 spiro atoms. The number of hydrogen-bond donors (Lipinski definition) is 1. The van der Waals surface area contributed by atoms with Gasteiger partial charge in [-0.05, 0) is 36.7 Å². The maximum Gasteiger partial charge on any atom is 0.223 e. The highest BCUT2D eigenvalue weighted by Gasteiger charge is 2.22. The largest absolute Gasteiger partial charge is 0.368 e. The van der Waals surface area contributed by atoms with E-state index < -0.39 is 0 Å². The van der Waals surface area contributed by atoms with Crippen LogP contribution in [0.1, 0.15) is 19.8 Å². The van der Waals surface area contributed by atoms with Crippen molar-refractivity contribution in [3.05, 3.63) is 30.1 Å². The summed E-state index contributed by atoms with van der Waals surface area (Å²) in [7, 11) is 0. The number of halogens is 1. The van der Waals surface area contributed by atoms with E-state index in [9.17, 15) is 9.18 Å². The van der Waals surface area contributed by atoms with Crippen molar-refractivity contribution in [3.8, 4) is 0 Å². The van der Waals surface area contributed by atoms with Crippen molar-refractivity contribution in [2.24, 2.45) is 11.7 Å². The fourth-order valence-corrected chi connectivity index (χ4v) is 2.64. The third kappa shape index (κ3) is 4.17. The van der Waals surface area contributed by atoms with Gasteiger partial charge in [-0.3, -0.25) is 4.79 Å². The third-order valence-electron chi connectivity index (χ3n) is 4.20. The van der Waals surface area contributed by atoms with Gasteiger partial charge in [-0.15, -0.1) is 0 Å². The van der Waals surface area contributed by atoms with Crippen LogP contribution in [-0.2, 0) is 4.79 Å². The summed E-state index contributed by atoms with van der Waals surface area (Å²) in [5.74, 6) is 0.263. The van der Waals surface area contributed by atoms with Gasteiger partial charge in [-0.25, -0.2) is 4.39 Å². The van der Waals surface area contributed by atoms with Gasteiger partial charge in [0, 0.05) is 38.3 Å². The average Bonchev–Trinajstić information content (AvgIpc) is 2.53. The number of anilines is 1. The zero-order valence-corrected chi connectivity index (χ0v) is 12.6. The number of carbonyl (C=O) groups is 1. The molecule has 2 N–H and O–H groups in total. The first-order chi connectivity index (χ1) is 10.1. The van der Waals surface area contributed by atoms with Crippen LogP contribution in [0.5, 0.6) is 0 Å². The SMILES string of the molecule is CCC(CN)CC(=O)N1CCN(c2ccc(F)cc2)CC1. The van der Waals surface area contributed by atoms with Crippen molar-refractivity contribution in [2.45, 2.75) is 19.8 Å². The molecule has 1 fully saturated rings. The van der Waals surface area contributed by atoms with Crippen LogP contribution in [0.3, 0.4) is 0 Å². The van der Waals surface area contributed by atoms with Crippen molar-refractivity contribution in [1.29, 1.82) is 0 Å². The Bertz CT molecular complexity index is 451. The van der Waals surface area contributed by atoms with E-state index >= 15 is 0 Å². The lowest BCUT2D eigenvalue weighted by Gasteiger charge is -2.36. The maximum absolute atomic E-state index is 12.9. The van der Waals surface area contributed by atoms with Gasteiger partial charge in [-0.1, -0.05) is 13.3 Å². The normalized spacial score (nSPS) is 16.9. The molecule has 0 radical (unpaired) electrons. The molecule has 1 heterocycles. The van der Waals surface area contributed by atoms with Gasteiger partial charge in [0.1, 0.15) is 5.82 Å². The second kappa shape index (κ2) is 7.41. The molecule has 1 amide bonds. The minimum atomic E-state index is -0.222. The Morgan fingerprint density at radius 2 is 1.86 bits per heavy atom. The molecule has 0 aliphatic carbocycles. The van der Waals surface area contributed by atoms with Crippen molar-refractivity contribution in [2.75, 3.05) is 37.6 Å². The molecule has 1 aromatic carbocycles. The number of hydrogen-bond acceptors (Lipinski definition) is 3. The highest BCUT2D eigenvalue weighted by molar-refractivity contribution is 5.76. The molecule has 0 aromatic heterocycles. The molecular weight excluding hydrogens is 269 g/mol. The molecule has 1 aliphatic heterocycles. The molecule has 2 rings (SSSR count). The number of benzene rings is 1. The predicted molar refractivity (Wildman–Crippen MR) is 82.6 cm³/mol. The molecule has 4 nitrogen and oxygen atoms in total. The Morgan fingerprint density at radius 1 is 1.24 bits per heavy atom. The highest BCUT2D eigenvalue weighted by atomic mass is 19.1. The van der Waals surface area contributed by atoms with Crippen LogP contribution >= 0.6 is 0 Å². The average molecular weight is 293 g/mol. The van der Waals surface area contributed by atoms with Crippen LogP contribution < -0.4 is 10.6 Å². The quantitative estimate of drug-likeness (QED) is 0.901. The topological polar surface area (TPSA) is 49.6 Å². The summed E-state index contributed by atoms with van der Waals surface area (Å²) in [4.78, 5) is 16.3. The lowest BCUT2D eigenvalue weighted by molar-refractivity contribution is -0.132. The van der Waals surface area contributed by atoms with Crippen LogP contribution in [0.4, 0.5) is 10.1 Å². The standard InChI is InChI=1S/C16H24FN3O/c1-2-13(12-18)11-16(21)20-9-7-19(8-10-20)15-5-3-14(17)4-6-15/h3-6,13H,2,7-12,18H2,1H3. The lowest BCUT2D eigenvalue weighted by Crippen LogP contribution is -2.49. The van der Waals surface area contributed by atoms with Gasteiger partial charge in [0.25, 0.3) is 0 Å². The Balaban J connectivity index is 1.85. The van der Waals surface area contributed by atoms with Crippen LogP contribution in [0.2, 0.25) is 0 Å². The molecule has 1 atom stereocenters. The van der Waals surface area contributed by atoms with Gasteiger partial charge in [-0.2, -0.15) is 0 Å². The van der Waals surface area contributed by atoms with E-state index in [1.54, 1.807) is 12.1 Å². The zero-order valence-electron chi connectivity index (χ0n) is 12.6. The highest BCUT2D eigenvalue weighted by Crippen LogP contribution is 2.18. The summed E-state index contributed by atoms with van der Waals surface area (Å²) in [6.07, 6.45) is 1.49. The van der Waals surface area contributed by atoms with E-state index in [1.165, 1.54) is 12.1 Å². The molecular formula is C16H24FN3O. The number of carbonyl (C=O) groups excluding carboxylic acids is 1. The van der Waals surface area contributed by atoms with Crippen LogP contribution in [-0.4, -0.2) is 43.5 Å². The number of amides is 1. The van der Waals surface area contributed by atoms with E-state index in [2.05, 4.69) is 11.8 Å². The van der Waals surface area contributed by atoms with Crippen LogP contribution in [0.15, 0.2) is 24.3 Å². The Labute approximate surface area is 125 Å². The molecule has 21 heavy (non-hydrogen) atoms. The van der Waals surface area contributed by atoms with E-state index in [0.29, 0.717) is 13.0 Å². The monoisotopic (exact) mass is 293 g/mol. The fraction of sp³-hybridized carbons (Fsp3) is 0.562. The first kappa shape index (κ1) is 15.8. The third-order valence-corrected chi connectivity index (χ3v) is 4.20. The fourth-order valence-electron chi connectivity index (χ4n) is 2.64. The van der Waals surface area contributed by atoms with E-state index in [4.69, 9.17) is 5.73 Å². The molecule has 5 heteroatoms. The second-order valence-electron chi connectivity index (χ2n) is 5.56. The van der Waals surface area contributed by atoms with Crippen LogP contribution in [0.25, 0.3) is 0 Å². The molecule has 1 aromatic rings. The lowest BCUT2D eigenvalue weighted by atomic mass is 10.0. The minimum absolute atomic E-state index is 0.200. The molecule has 1 unspecified atom stereocenters. The Hall–Kier alpha value is -1.62. The summed E-state index contributed by atoms with van der Waals surface area (Å²) in [5.41, 5.74) is 6.67. The van der Waals surface area contributed by atoms with E-state index in [0.717, 1.165) is 38.3 Å². The molecule has 1 saturated heterocycles. The summed E-state index contributed by atoms with van der Waals surface area (Å²) >= 11 is 0. The summed E-state index contributed by atoms with van der Waals surface area (Å²) in [6, 6.07) is 6.52. The molecule has 116 valence electrons. The van der Waals surface area contributed by atoms with Crippen molar-refractivity contribution < 1.29 is 9.18 Å². The maximum atomic E-state index is 12.9. The van der Waals surface area contributed by atoms with Crippen LogP contribution in [0, 0.1) is 11.7 Å². The molecule has 0 saturated carbocycles. The Morgan fingerprint density at radius 3 is 2.38 bits per heavy atom. The van der Waals surface area contributed by atoms with Crippen molar-refractivity contribution in [1.82, 2.24) is 4.90 Å². The van der Waals surface area contributed by atoms with Gasteiger partial charge < -0.3 is 15.5 Å². The molecule has 1 aliphatic rings. The Kier molecular flexibility index (Phi) is 5.56. The van der Waals surface area contributed by atoms with Gasteiger partial charge in [0.15, 0.2) is 0 Å². The number of nitrogens with two attached hydrogens (primary N) is 1. The number of rotatable bonds is 5. The summed E-state index contributed by atoms with van der Waals surface area (Å²) in [6.45, 7) is 5.65. The molecule has 0 bridgehead atoms. The first-order valence-electron chi connectivity index (χ1n) is 7.62. The minimum Gasteiger partial charge on any atom is -0.368 e. The number of piperazine rings is 1. The van der Waals surface area contributed by atoms with Gasteiger partial charge in [0.2, 0.25) is 5.91 Å². The van der Waals surface area contributed by atoms with Crippen molar-refractivity contribution >= 4 is 11.6 Å². The smallest absolute Gasteiger partial charge is 0.223 e. The summed E-state index contributed by atoms with van der Waals surface area (Å²) < 4.78 is 12.9. The first-order valence-corrected chi connectivity index (χ1v) is 7.62. The number of nitrogens with zero attached hydrogens (tertiary/aromatic N) is 2.